The fourth-order valence-electron chi connectivity index (χ4n) is 2.81. The number of rotatable bonds is 5. The van der Waals surface area contributed by atoms with E-state index in [1.165, 1.54) is 16.2 Å². The van der Waals surface area contributed by atoms with Crippen LogP contribution < -0.4 is 20.7 Å². The van der Waals surface area contributed by atoms with Gasteiger partial charge in [-0.05, 0) is 23.6 Å². The first-order valence-electron chi connectivity index (χ1n) is 8.25. The summed E-state index contributed by atoms with van der Waals surface area (Å²) < 4.78 is 5.80. The number of carbonyl (C=O) groups excluding carboxylic acids is 3. The Morgan fingerprint density at radius 2 is 2.04 bits per heavy atom. The molecule has 0 saturated carbocycles. The van der Waals surface area contributed by atoms with Gasteiger partial charge in [-0.3, -0.25) is 14.4 Å². The largest absolute Gasteiger partial charge is 0.477 e. The van der Waals surface area contributed by atoms with Crippen LogP contribution >= 0.6 is 11.3 Å². The molecule has 1 aliphatic rings. The van der Waals surface area contributed by atoms with Gasteiger partial charge in [-0.15, -0.1) is 11.3 Å². The Morgan fingerprint density at radius 1 is 1.30 bits per heavy atom. The monoisotopic (exact) mass is 388 g/mol. The van der Waals surface area contributed by atoms with Gasteiger partial charge in [-0.25, -0.2) is 0 Å². The highest BCUT2D eigenvalue weighted by Gasteiger charge is 2.32. The molecule has 1 aliphatic heterocycles. The minimum absolute atomic E-state index is 0.00762. The first-order valence-corrected chi connectivity index (χ1v) is 9.13. The molecule has 1 aromatic heterocycles. The van der Waals surface area contributed by atoms with E-state index in [2.05, 4.69) is 5.32 Å². The molecule has 2 aromatic rings. The van der Waals surface area contributed by atoms with Crippen LogP contribution in [0.25, 0.3) is 0 Å². The van der Waals surface area contributed by atoms with Crippen molar-refractivity contribution in [1.29, 1.82) is 0 Å². The molecule has 8 nitrogen and oxygen atoms in total. The van der Waals surface area contributed by atoms with Crippen LogP contribution in [0.2, 0.25) is 0 Å². The fraction of sp³-hybridized carbons (Fsp3) is 0.278. The molecule has 0 saturated heterocycles. The lowest BCUT2D eigenvalue weighted by Crippen LogP contribution is -2.50. The first kappa shape index (κ1) is 18.7. The predicted molar refractivity (Wildman–Crippen MR) is 103 cm³/mol. The maximum Gasteiger partial charge on any atom is 0.265 e. The molecule has 1 atom stereocenters. The Hall–Kier alpha value is -3.07. The highest BCUT2D eigenvalue weighted by atomic mass is 32.1. The lowest BCUT2D eigenvalue weighted by Gasteiger charge is -2.36. The second-order valence-corrected chi connectivity index (χ2v) is 7.18. The van der Waals surface area contributed by atoms with E-state index in [0.29, 0.717) is 10.8 Å². The summed E-state index contributed by atoms with van der Waals surface area (Å²) in [7, 11) is 3.32. The van der Waals surface area contributed by atoms with E-state index in [9.17, 15) is 14.4 Å². The van der Waals surface area contributed by atoms with Gasteiger partial charge in [0.1, 0.15) is 10.8 Å². The van der Waals surface area contributed by atoms with Gasteiger partial charge in [0.05, 0.1) is 24.3 Å². The lowest BCUT2D eigenvalue weighted by atomic mass is 10.1. The van der Waals surface area contributed by atoms with E-state index in [-0.39, 0.29) is 30.5 Å². The van der Waals surface area contributed by atoms with E-state index < -0.39 is 12.0 Å². The Bertz CT molecular complexity index is 880. The van der Waals surface area contributed by atoms with Crippen molar-refractivity contribution in [3.63, 3.8) is 0 Å². The Labute approximate surface area is 160 Å². The number of benzene rings is 1. The molecular weight excluding hydrogens is 368 g/mol. The first-order chi connectivity index (χ1) is 12.9. The number of anilines is 2. The van der Waals surface area contributed by atoms with E-state index in [0.717, 1.165) is 5.69 Å². The molecule has 9 heteroatoms. The average Bonchev–Trinajstić information content (AvgIpc) is 3.09. The number of thiophene rings is 1. The highest BCUT2D eigenvalue weighted by Crippen LogP contribution is 2.33. The SMILES string of the molecule is CN(C)C(=O)[C@H]1CN(CC(=O)Nc2sccc2C(N)=O)c2ccccc2O1. The van der Waals surface area contributed by atoms with Gasteiger partial charge in [-0.2, -0.15) is 0 Å². The number of nitrogens with two attached hydrogens (primary N) is 1. The third-order valence-corrected chi connectivity index (χ3v) is 4.93. The predicted octanol–water partition coefficient (Wildman–Crippen LogP) is 1.14. The summed E-state index contributed by atoms with van der Waals surface area (Å²) in [5.74, 6) is -0.539. The maximum atomic E-state index is 12.5. The van der Waals surface area contributed by atoms with Gasteiger partial charge in [0.25, 0.3) is 11.8 Å². The average molecular weight is 388 g/mol. The smallest absolute Gasteiger partial charge is 0.265 e. The van der Waals surface area contributed by atoms with Crippen molar-refractivity contribution in [1.82, 2.24) is 4.90 Å². The second-order valence-electron chi connectivity index (χ2n) is 6.26. The number of amides is 3. The topological polar surface area (TPSA) is 105 Å². The molecule has 27 heavy (non-hydrogen) atoms. The zero-order valence-corrected chi connectivity index (χ0v) is 15.8. The third kappa shape index (κ3) is 4.03. The van der Waals surface area contributed by atoms with Crippen molar-refractivity contribution in [2.75, 3.05) is 37.4 Å². The number of ether oxygens (including phenoxy) is 1. The molecule has 0 spiro atoms. The number of nitrogens with one attached hydrogen (secondary N) is 1. The number of fused-ring (bicyclic) bond motifs is 1. The molecule has 0 bridgehead atoms. The molecule has 0 unspecified atom stereocenters. The number of carbonyl (C=O) groups is 3. The summed E-state index contributed by atoms with van der Waals surface area (Å²) in [6.07, 6.45) is -0.703. The summed E-state index contributed by atoms with van der Waals surface area (Å²) >= 11 is 1.23. The Balaban J connectivity index is 1.78. The summed E-state index contributed by atoms with van der Waals surface area (Å²) in [6, 6.07) is 8.81. The van der Waals surface area contributed by atoms with Gasteiger partial charge in [0, 0.05) is 14.1 Å². The summed E-state index contributed by atoms with van der Waals surface area (Å²) in [4.78, 5) is 39.5. The molecule has 142 valence electrons. The van der Waals surface area contributed by atoms with Crippen LogP contribution in [0.5, 0.6) is 5.75 Å². The van der Waals surface area contributed by atoms with E-state index in [1.54, 1.807) is 36.5 Å². The van der Waals surface area contributed by atoms with Gasteiger partial charge in [0.2, 0.25) is 5.91 Å². The van der Waals surface area contributed by atoms with Crippen LogP contribution in [0.15, 0.2) is 35.7 Å². The standard InChI is InChI=1S/C18H20N4O4S/c1-21(2)18(25)14-9-22(12-5-3-4-6-13(12)26-14)10-15(23)20-17-11(16(19)24)7-8-27-17/h3-8,14H,9-10H2,1-2H3,(H2,19,24)(H,20,23)/t14-/m1/s1. The second kappa shape index (κ2) is 7.67. The van der Waals surface area contributed by atoms with Crippen molar-refractivity contribution in [3.05, 3.63) is 41.3 Å². The molecule has 3 N–H and O–H groups in total. The molecular formula is C18H20N4O4S. The Morgan fingerprint density at radius 3 is 2.74 bits per heavy atom. The van der Waals surface area contributed by atoms with Crippen molar-refractivity contribution in [2.24, 2.45) is 5.73 Å². The normalized spacial score (nSPS) is 15.5. The highest BCUT2D eigenvalue weighted by molar-refractivity contribution is 7.14. The summed E-state index contributed by atoms with van der Waals surface area (Å²) in [5.41, 5.74) is 6.32. The quantitative estimate of drug-likeness (QED) is 0.799. The van der Waals surface area contributed by atoms with Gasteiger partial charge in [0.15, 0.2) is 6.10 Å². The number of primary amides is 1. The number of hydrogen-bond donors (Lipinski definition) is 2. The van der Waals surface area contributed by atoms with Crippen LogP contribution in [-0.2, 0) is 9.59 Å². The molecule has 2 heterocycles. The molecule has 0 fully saturated rings. The molecule has 3 amide bonds. The van der Waals surface area contributed by atoms with Crippen molar-refractivity contribution >= 4 is 39.7 Å². The number of nitrogens with zero attached hydrogens (tertiary/aromatic N) is 2. The van der Waals surface area contributed by atoms with Crippen molar-refractivity contribution in [2.45, 2.75) is 6.10 Å². The zero-order chi connectivity index (χ0) is 19.6. The number of para-hydroxylation sites is 2. The number of hydrogen-bond acceptors (Lipinski definition) is 6. The summed E-state index contributed by atoms with van der Waals surface area (Å²) in [6.45, 7) is 0.252. The van der Waals surface area contributed by atoms with Crippen LogP contribution in [0.1, 0.15) is 10.4 Å². The van der Waals surface area contributed by atoms with E-state index in [4.69, 9.17) is 10.5 Å². The third-order valence-electron chi connectivity index (χ3n) is 4.10. The van der Waals surface area contributed by atoms with Crippen molar-refractivity contribution < 1.29 is 19.1 Å². The van der Waals surface area contributed by atoms with Crippen LogP contribution in [-0.4, -0.2) is 55.9 Å². The lowest BCUT2D eigenvalue weighted by molar-refractivity contribution is -0.136. The zero-order valence-electron chi connectivity index (χ0n) is 15.0. The number of likely N-dealkylation sites (N-methyl/N-ethyl adjacent to an activating group) is 1. The van der Waals surface area contributed by atoms with Crippen LogP contribution in [0, 0.1) is 0 Å². The van der Waals surface area contributed by atoms with Gasteiger partial charge < -0.3 is 25.6 Å². The minimum atomic E-state index is -0.703. The van der Waals surface area contributed by atoms with Gasteiger partial charge >= 0.3 is 0 Å². The molecule has 1 aromatic carbocycles. The van der Waals surface area contributed by atoms with Gasteiger partial charge in [-0.1, -0.05) is 12.1 Å². The minimum Gasteiger partial charge on any atom is -0.477 e. The maximum absolute atomic E-state index is 12.5. The fourth-order valence-corrected chi connectivity index (χ4v) is 3.62. The van der Waals surface area contributed by atoms with E-state index >= 15 is 0 Å². The van der Waals surface area contributed by atoms with Crippen LogP contribution in [0.3, 0.4) is 0 Å². The van der Waals surface area contributed by atoms with Crippen molar-refractivity contribution in [3.8, 4) is 5.75 Å². The molecule has 0 radical (unpaired) electrons. The molecule has 3 rings (SSSR count). The molecule has 0 aliphatic carbocycles. The van der Waals surface area contributed by atoms with Crippen LogP contribution in [0.4, 0.5) is 10.7 Å². The Kier molecular flexibility index (Phi) is 5.31. The van der Waals surface area contributed by atoms with E-state index in [1.807, 2.05) is 18.2 Å². The summed E-state index contributed by atoms with van der Waals surface area (Å²) in [5, 5.41) is 4.82.